The van der Waals surface area contributed by atoms with Crippen LogP contribution in [0.5, 0.6) is 0 Å². The van der Waals surface area contributed by atoms with Gasteiger partial charge in [-0.25, -0.2) is 4.98 Å². The molecule has 0 aliphatic heterocycles. The first-order valence-electron chi connectivity index (χ1n) is 5.15. The summed E-state index contributed by atoms with van der Waals surface area (Å²) in [6, 6.07) is 0.980. The minimum atomic E-state index is -4.44. The Morgan fingerprint density at radius 1 is 1.44 bits per heavy atom. The standard InChI is InChI=1S/C11H10BrF3N2O/c1-5-9(6(2)18)17-4-7(11(13,14)15)3-8(12)10(17)16-5/h3-4,6,18H,1-2H3. The number of fused-ring (bicyclic) bond motifs is 1. The van der Waals surface area contributed by atoms with Gasteiger partial charge in [-0.2, -0.15) is 13.2 Å². The van der Waals surface area contributed by atoms with Gasteiger partial charge in [0.25, 0.3) is 0 Å². The molecule has 3 nitrogen and oxygen atoms in total. The molecule has 18 heavy (non-hydrogen) atoms. The fourth-order valence-electron chi connectivity index (χ4n) is 1.89. The molecule has 7 heteroatoms. The first kappa shape index (κ1) is 13.4. The van der Waals surface area contributed by atoms with E-state index in [-0.39, 0.29) is 4.47 Å². The van der Waals surface area contributed by atoms with Crippen molar-refractivity contribution in [1.82, 2.24) is 9.38 Å². The largest absolute Gasteiger partial charge is 0.417 e. The molecule has 2 aromatic rings. The summed E-state index contributed by atoms with van der Waals surface area (Å²) in [6.07, 6.45) is -4.39. The maximum atomic E-state index is 12.7. The second-order valence-corrected chi connectivity index (χ2v) is 4.88. The van der Waals surface area contributed by atoms with Gasteiger partial charge in [-0.3, -0.25) is 4.40 Å². The molecule has 1 unspecified atom stereocenters. The van der Waals surface area contributed by atoms with Gasteiger partial charge in [0.15, 0.2) is 5.65 Å². The van der Waals surface area contributed by atoms with Crippen molar-refractivity contribution in [2.75, 3.05) is 0 Å². The predicted molar refractivity (Wildman–Crippen MR) is 63.3 cm³/mol. The summed E-state index contributed by atoms with van der Waals surface area (Å²) in [5.74, 6) is 0. The first-order chi connectivity index (χ1) is 8.21. The third-order valence-electron chi connectivity index (χ3n) is 2.62. The van der Waals surface area contributed by atoms with Crippen molar-refractivity contribution in [3.63, 3.8) is 0 Å². The minimum absolute atomic E-state index is 0.243. The van der Waals surface area contributed by atoms with E-state index >= 15 is 0 Å². The maximum absolute atomic E-state index is 12.7. The Morgan fingerprint density at radius 2 is 2.06 bits per heavy atom. The lowest BCUT2D eigenvalue weighted by Crippen LogP contribution is -2.08. The molecule has 0 fully saturated rings. The Labute approximate surface area is 109 Å². The summed E-state index contributed by atoms with van der Waals surface area (Å²) in [4.78, 5) is 4.15. The number of aliphatic hydroxyl groups excluding tert-OH is 1. The molecule has 0 saturated carbocycles. The lowest BCUT2D eigenvalue weighted by molar-refractivity contribution is -0.137. The molecule has 1 N–H and O–H groups in total. The Morgan fingerprint density at radius 3 is 2.56 bits per heavy atom. The molecule has 2 heterocycles. The molecule has 98 valence electrons. The Balaban J connectivity index is 2.81. The van der Waals surface area contributed by atoms with Crippen molar-refractivity contribution >= 4 is 21.6 Å². The van der Waals surface area contributed by atoms with E-state index < -0.39 is 17.8 Å². The van der Waals surface area contributed by atoms with Crippen LogP contribution in [0.4, 0.5) is 13.2 Å². The van der Waals surface area contributed by atoms with E-state index in [4.69, 9.17) is 0 Å². The third kappa shape index (κ3) is 2.12. The summed E-state index contributed by atoms with van der Waals surface area (Å²) in [5.41, 5.74) is 0.430. The van der Waals surface area contributed by atoms with Gasteiger partial charge in [0.1, 0.15) is 0 Å². The molecule has 0 bridgehead atoms. The van der Waals surface area contributed by atoms with Crippen LogP contribution < -0.4 is 0 Å². The zero-order chi connectivity index (χ0) is 13.7. The van der Waals surface area contributed by atoms with E-state index in [1.807, 2.05) is 0 Å². The number of hydrogen-bond donors (Lipinski definition) is 1. The van der Waals surface area contributed by atoms with Crippen LogP contribution in [-0.4, -0.2) is 14.5 Å². The number of nitrogens with zero attached hydrogens (tertiary/aromatic N) is 2. The summed E-state index contributed by atoms with van der Waals surface area (Å²) in [5, 5.41) is 9.62. The number of aliphatic hydroxyl groups is 1. The van der Waals surface area contributed by atoms with Gasteiger partial charge in [-0.15, -0.1) is 0 Å². The van der Waals surface area contributed by atoms with Crippen molar-refractivity contribution in [1.29, 1.82) is 0 Å². The smallest absolute Gasteiger partial charge is 0.387 e. The van der Waals surface area contributed by atoms with Crippen LogP contribution in [0, 0.1) is 6.92 Å². The highest BCUT2D eigenvalue weighted by molar-refractivity contribution is 9.10. The number of halogens is 4. The maximum Gasteiger partial charge on any atom is 0.417 e. The van der Waals surface area contributed by atoms with Crippen molar-refractivity contribution in [3.05, 3.63) is 33.7 Å². The van der Waals surface area contributed by atoms with Crippen molar-refractivity contribution in [2.45, 2.75) is 26.1 Å². The molecule has 0 radical (unpaired) electrons. The average molecular weight is 323 g/mol. The van der Waals surface area contributed by atoms with Crippen LogP contribution in [-0.2, 0) is 6.18 Å². The highest BCUT2D eigenvalue weighted by atomic mass is 79.9. The van der Waals surface area contributed by atoms with E-state index in [0.717, 1.165) is 12.3 Å². The molecule has 0 spiro atoms. The number of hydrogen-bond acceptors (Lipinski definition) is 2. The molecule has 0 aliphatic rings. The number of imidazole rings is 1. The molecule has 0 amide bonds. The van der Waals surface area contributed by atoms with Crippen LogP contribution in [0.15, 0.2) is 16.7 Å². The van der Waals surface area contributed by atoms with Gasteiger partial charge < -0.3 is 5.11 Å². The van der Waals surface area contributed by atoms with Gasteiger partial charge in [-0.05, 0) is 35.8 Å². The Bertz CT molecular complexity index is 604. The lowest BCUT2D eigenvalue weighted by Gasteiger charge is -2.11. The number of alkyl halides is 3. The number of aromatic nitrogens is 2. The quantitative estimate of drug-likeness (QED) is 0.872. The van der Waals surface area contributed by atoms with Crippen molar-refractivity contribution in [2.24, 2.45) is 0 Å². The zero-order valence-corrected chi connectivity index (χ0v) is 11.2. The fourth-order valence-corrected chi connectivity index (χ4v) is 2.42. The van der Waals surface area contributed by atoms with E-state index in [1.165, 1.54) is 11.3 Å². The van der Waals surface area contributed by atoms with Crippen LogP contribution in [0.2, 0.25) is 0 Å². The van der Waals surface area contributed by atoms with Crippen LogP contribution in [0.1, 0.15) is 30.0 Å². The number of aryl methyl sites for hydroxylation is 1. The highest BCUT2D eigenvalue weighted by Gasteiger charge is 2.32. The average Bonchev–Trinajstić information content (AvgIpc) is 2.53. The van der Waals surface area contributed by atoms with Gasteiger partial charge in [0.05, 0.1) is 27.5 Å². The molecule has 2 rings (SSSR count). The minimum Gasteiger partial charge on any atom is -0.387 e. The lowest BCUT2D eigenvalue weighted by atomic mass is 10.2. The van der Waals surface area contributed by atoms with E-state index in [1.54, 1.807) is 6.92 Å². The molecular weight excluding hydrogens is 313 g/mol. The van der Waals surface area contributed by atoms with Crippen molar-refractivity contribution in [3.8, 4) is 0 Å². The van der Waals surface area contributed by atoms with E-state index in [2.05, 4.69) is 20.9 Å². The van der Waals surface area contributed by atoms with Gasteiger partial charge in [-0.1, -0.05) is 0 Å². The monoisotopic (exact) mass is 322 g/mol. The molecule has 0 saturated heterocycles. The first-order valence-corrected chi connectivity index (χ1v) is 5.94. The summed E-state index contributed by atoms with van der Waals surface area (Å²) < 4.78 is 39.7. The van der Waals surface area contributed by atoms with Crippen molar-refractivity contribution < 1.29 is 18.3 Å². The number of pyridine rings is 1. The summed E-state index contributed by atoms with van der Waals surface area (Å²) >= 11 is 3.07. The van der Waals surface area contributed by atoms with Gasteiger partial charge in [0.2, 0.25) is 0 Å². The molecule has 1 atom stereocenters. The Hall–Kier alpha value is -1.08. The van der Waals surface area contributed by atoms with Crippen LogP contribution >= 0.6 is 15.9 Å². The number of rotatable bonds is 1. The fraction of sp³-hybridized carbons (Fsp3) is 0.364. The van der Waals surface area contributed by atoms with Crippen LogP contribution in [0.3, 0.4) is 0 Å². The third-order valence-corrected chi connectivity index (χ3v) is 3.20. The van der Waals surface area contributed by atoms with E-state index in [9.17, 15) is 18.3 Å². The second-order valence-electron chi connectivity index (χ2n) is 4.03. The molecule has 2 aromatic heterocycles. The zero-order valence-electron chi connectivity index (χ0n) is 9.59. The molecular formula is C11H10BrF3N2O. The molecule has 0 aliphatic carbocycles. The normalized spacial score (nSPS) is 14.2. The summed E-state index contributed by atoms with van der Waals surface area (Å²) in [7, 11) is 0. The Kier molecular flexibility index (Phi) is 3.14. The SMILES string of the molecule is Cc1nc2c(Br)cc(C(F)(F)F)cn2c1C(C)O. The molecule has 0 aromatic carbocycles. The van der Waals surface area contributed by atoms with E-state index in [0.29, 0.717) is 17.0 Å². The van der Waals surface area contributed by atoms with Gasteiger partial charge >= 0.3 is 6.18 Å². The highest BCUT2D eigenvalue weighted by Crippen LogP contribution is 2.33. The topological polar surface area (TPSA) is 37.5 Å². The predicted octanol–water partition coefficient (Wildman–Crippen LogP) is 3.48. The van der Waals surface area contributed by atoms with Crippen LogP contribution in [0.25, 0.3) is 5.65 Å². The summed E-state index contributed by atoms with van der Waals surface area (Å²) in [6.45, 7) is 3.14. The van der Waals surface area contributed by atoms with Gasteiger partial charge in [0, 0.05) is 6.20 Å². The second kappa shape index (κ2) is 4.24.